The number of para-hydroxylation sites is 1. The molecule has 1 aliphatic heterocycles. The van der Waals surface area contributed by atoms with E-state index < -0.39 is 30.1 Å². The first-order valence-corrected chi connectivity index (χ1v) is 15.4. The zero-order chi connectivity index (χ0) is 31.5. The summed E-state index contributed by atoms with van der Waals surface area (Å²) in [5.74, 6) is -0.817. The van der Waals surface area contributed by atoms with Gasteiger partial charge in [-0.25, -0.2) is 4.79 Å². The van der Waals surface area contributed by atoms with Crippen molar-refractivity contribution in [1.29, 1.82) is 0 Å². The number of carbonyl (C=O) groups is 3. The lowest BCUT2D eigenvalue weighted by atomic mass is 10.0. The largest absolute Gasteiger partial charge is 0.350 e. The molecule has 44 heavy (non-hydrogen) atoms. The minimum absolute atomic E-state index is 0.119. The van der Waals surface area contributed by atoms with Crippen LogP contribution in [-0.4, -0.2) is 63.6 Å². The van der Waals surface area contributed by atoms with Gasteiger partial charge in [-0.15, -0.1) is 0 Å². The number of carbonyl (C=O) groups excluding carboxylic acids is 3. The topological polar surface area (TPSA) is 157 Å². The number of amides is 4. The van der Waals surface area contributed by atoms with Crippen molar-refractivity contribution in [3.63, 3.8) is 0 Å². The van der Waals surface area contributed by atoms with Crippen LogP contribution in [-0.2, 0) is 29.5 Å². The predicted molar refractivity (Wildman–Crippen MR) is 169 cm³/mol. The van der Waals surface area contributed by atoms with E-state index in [1.54, 1.807) is 23.2 Å². The summed E-state index contributed by atoms with van der Waals surface area (Å²) in [6.07, 6.45) is 7.50. The minimum Gasteiger partial charge on any atom is -0.350 e. The lowest BCUT2D eigenvalue weighted by Gasteiger charge is -2.28. The summed E-state index contributed by atoms with van der Waals surface area (Å²) in [6, 6.07) is 11.1. The zero-order valence-corrected chi connectivity index (χ0v) is 25.8. The van der Waals surface area contributed by atoms with Crippen molar-refractivity contribution in [2.75, 3.05) is 13.1 Å². The highest BCUT2D eigenvalue weighted by molar-refractivity contribution is 5.93. The van der Waals surface area contributed by atoms with E-state index in [9.17, 15) is 19.9 Å². The Morgan fingerprint density at radius 2 is 1.64 bits per heavy atom. The van der Waals surface area contributed by atoms with Crippen LogP contribution in [0.2, 0.25) is 0 Å². The van der Waals surface area contributed by atoms with E-state index in [-0.39, 0.29) is 24.8 Å². The SMILES string of the molecule is CC(C)CC(NC(=O)N1CCCCCC1)C(=O)NC(Cc1cn(C)c2ccccc12)C(=O)N[C@H](Cc1ccccn1)N=[N+]=[N-]. The van der Waals surface area contributed by atoms with E-state index in [0.717, 1.165) is 42.1 Å². The Morgan fingerprint density at radius 3 is 2.32 bits per heavy atom. The fourth-order valence-electron chi connectivity index (χ4n) is 5.67. The number of rotatable bonds is 12. The molecule has 4 rings (SSSR count). The van der Waals surface area contributed by atoms with Crippen LogP contribution in [0.5, 0.6) is 0 Å². The second-order valence-electron chi connectivity index (χ2n) is 11.8. The number of aromatic nitrogens is 2. The van der Waals surface area contributed by atoms with Crippen LogP contribution in [0.3, 0.4) is 0 Å². The van der Waals surface area contributed by atoms with Crippen molar-refractivity contribution in [2.45, 2.75) is 77.0 Å². The van der Waals surface area contributed by atoms with Gasteiger partial charge in [0, 0.05) is 66.9 Å². The van der Waals surface area contributed by atoms with Crippen LogP contribution >= 0.6 is 0 Å². The fourth-order valence-corrected chi connectivity index (χ4v) is 5.67. The van der Waals surface area contributed by atoms with E-state index in [1.807, 2.05) is 62.0 Å². The number of nitrogens with one attached hydrogen (secondary N) is 3. The average Bonchev–Trinajstić information content (AvgIpc) is 3.15. The normalized spacial score (nSPS) is 15.5. The minimum atomic E-state index is -1.00. The smallest absolute Gasteiger partial charge is 0.318 e. The lowest BCUT2D eigenvalue weighted by molar-refractivity contribution is -0.130. The maximum Gasteiger partial charge on any atom is 0.318 e. The van der Waals surface area contributed by atoms with E-state index in [4.69, 9.17) is 0 Å². The van der Waals surface area contributed by atoms with Crippen molar-refractivity contribution in [1.82, 2.24) is 30.4 Å². The van der Waals surface area contributed by atoms with Crippen LogP contribution in [0.4, 0.5) is 4.79 Å². The van der Waals surface area contributed by atoms with Gasteiger partial charge in [0.2, 0.25) is 11.8 Å². The molecule has 0 spiro atoms. The Kier molecular flexibility index (Phi) is 11.6. The van der Waals surface area contributed by atoms with Crippen molar-refractivity contribution in [3.8, 4) is 0 Å². The maximum absolute atomic E-state index is 13.8. The van der Waals surface area contributed by atoms with E-state index in [1.165, 1.54) is 0 Å². The summed E-state index contributed by atoms with van der Waals surface area (Å²) < 4.78 is 1.98. The third-order valence-corrected chi connectivity index (χ3v) is 7.88. The molecule has 0 saturated carbocycles. The van der Waals surface area contributed by atoms with Gasteiger partial charge in [0.05, 0.1) is 0 Å². The molecule has 3 N–H and O–H groups in total. The third-order valence-electron chi connectivity index (χ3n) is 7.88. The summed E-state index contributed by atoms with van der Waals surface area (Å²) in [7, 11) is 1.93. The van der Waals surface area contributed by atoms with Crippen molar-refractivity contribution in [2.24, 2.45) is 18.1 Å². The number of azide groups is 1. The van der Waals surface area contributed by atoms with Crippen LogP contribution in [0.1, 0.15) is 57.2 Å². The van der Waals surface area contributed by atoms with Crippen molar-refractivity contribution < 1.29 is 14.4 Å². The Balaban J connectivity index is 1.57. The van der Waals surface area contributed by atoms with Gasteiger partial charge >= 0.3 is 6.03 Å². The maximum atomic E-state index is 13.8. The van der Waals surface area contributed by atoms with Crippen LogP contribution in [0.25, 0.3) is 21.3 Å². The Labute approximate surface area is 258 Å². The van der Waals surface area contributed by atoms with Crippen molar-refractivity contribution in [3.05, 3.63) is 76.6 Å². The number of benzene rings is 1. The molecule has 0 aliphatic carbocycles. The molecule has 1 aliphatic rings. The molecule has 12 nitrogen and oxygen atoms in total. The number of aryl methyl sites for hydroxylation is 1. The number of fused-ring (bicyclic) bond motifs is 1. The summed E-state index contributed by atoms with van der Waals surface area (Å²) >= 11 is 0. The van der Waals surface area contributed by atoms with Crippen molar-refractivity contribution >= 4 is 28.7 Å². The molecule has 3 aromatic rings. The van der Waals surface area contributed by atoms with Crippen LogP contribution < -0.4 is 16.0 Å². The third kappa shape index (κ3) is 8.97. The highest BCUT2D eigenvalue weighted by Crippen LogP contribution is 2.22. The van der Waals surface area contributed by atoms with Gasteiger partial charge in [-0.05, 0) is 54.5 Å². The summed E-state index contributed by atoms with van der Waals surface area (Å²) in [4.78, 5) is 49.8. The molecule has 4 amide bonds. The van der Waals surface area contributed by atoms with E-state index in [0.29, 0.717) is 25.2 Å². The van der Waals surface area contributed by atoms with E-state index in [2.05, 4.69) is 31.0 Å². The fraction of sp³-hybridized carbons (Fsp3) is 0.500. The standard InChI is InChI=1S/C32H43N9O3/c1-22(2)18-26(36-32(44)41-16-10-4-5-11-17-41)30(42)35-27(19-23-21-40(3)28-14-7-6-13-25(23)28)31(43)37-29(38-39-33)20-24-12-8-9-15-34-24/h6-9,12-15,21-22,26-27,29H,4-5,10-11,16-20H2,1-3H3,(H,35,42)(H,36,44)(H,37,43)/t26?,27?,29-/m0/s1. The second kappa shape index (κ2) is 15.8. The van der Waals surface area contributed by atoms with Gasteiger partial charge in [-0.1, -0.05) is 56.1 Å². The van der Waals surface area contributed by atoms with Crippen LogP contribution in [0.15, 0.2) is 60.0 Å². The number of nitrogens with zero attached hydrogens (tertiary/aromatic N) is 6. The molecule has 0 bridgehead atoms. The summed E-state index contributed by atoms with van der Waals surface area (Å²) in [6.45, 7) is 5.29. The zero-order valence-electron chi connectivity index (χ0n) is 25.8. The Hall–Kier alpha value is -4.57. The summed E-state index contributed by atoms with van der Waals surface area (Å²) in [5.41, 5.74) is 11.7. The van der Waals surface area contributed by atoms with Gasteiger partial charge < -0.3 is 25.4 Å². The number of likely N-dealkylation sites (tertiary alicyclic amines) is 1. The van der Waals surface area contributed by atoms with Gasteiger partial charge in [-0.3, -0.25) is 14.6 Å². The number of urea groups is 1. The van der Waals surface area contributed by atoms with Gasteiger partial charge in [0.25, 0.3) is 0 Å². The highest BCUT2D eigenvalue weighted by Gasteiger charge is 2.30. The first-order chi connectivity index (χ1) is 21.2. The predicted octanol–water partition coefficient (Wildman–Crippen LogP) is 4.60. The molecule has 234 valence electrons. The number of pyridine rings is 1. The Bertz CT molecular complexity index is 1460. The Morgan fingerprint density at radius 1 is 0.932 bits per heavy atom. The molecule has 2 unspecified atom stereocenters. The molecular weight excluding hydrogens is 558 g/mol. The van der Waals surface area contributed by atoms with Gasteiger partial charge in [-0.2, -0.15) is 0 Å². The molecule has 3 atom stereocenters. The second-order valence-corrected chi connectivity index (χ2v) is 11.8. The molecule has 2 aromatic heterocycles. The average molecular weight is 602 g/mol. The molecular formula is C32H43N9O3. The first kappa shape index (κ1) is 32.3. The quantitative estimate of drug-likeness (QED) is 0.158. The molecule has 3 heterocycles. The monoisotopic (exact) mass is 601 g/mol. The molecule has 12 heteroatoms. The number of hydrogen-bond acceptors (Lipinski definition) is 5. The van der Waals surface area contributed by atoms with Crippen LogP contribution in [0, 0.1) is 5.92 Å². The molecule has 0 radical (unpaired) electrons. The first-order valence-electron chi connectivity index (χ1n) is 15.4. The van der Waals surface area contributed by atoms with Gasteiger partial charge in [0.15, 0.2) is 0 Å². The van der Waals surface area contributed by atoms with E-state index >= 15 is 0 Å². The molecule has 1 saturated heterocycles. The van der Waals surface area contributed by atoms with Gasteiger partial charge in [0.1, 0.15) is 18.2 Å². The summed E-state index contributed by atoms with van der Waals surface area (Å²) in [5, 5.41) is 13.4. The molecule has 1 aromatic carbocycles. The highest BCUT2D eigenvalue weighted by atomic mass is 16.2. The molecule has 1 fully saturated rings. The number of hydrogen-bond donors (Lipinski definition) is 3. The lowest BCUT2D eigenvalue weighted by Crippen LogP contribution is -2.57.